The third-order valence-corrected chi connectivity index (χ3v) is 4.90. The van der Waals surface area contributed by atoms with Crippen LogP contribution in [-0.4, -0.2) is 6.54 Å². The quantitative estimate of drug-likeness (QED) is 0.325. The summed E-state index contributed by atoms with van der Waals surface area (Å²) in [6.45, 7) is 3.32. The van der Waals surface area contributed by atoms with Gasteiger partial charge in [-0.05, 0) is 18.6 Å². The summed E-state index contributed by atoms with van der Waals surface area (Å²) in [5, 5.41) is 6.36. The molecule has 0 amide bonds. The van der Waals surface area contributed by atoms with E-state index in [9.17, 15) is 0 Å². The normalized spacial score (nSPS) is 11.2. The minimum atomic E-state index is 1.05. The van der Waals surface area contributed by atoms with Gasteiger partial charge in [0.25, 0.3) is 0 Å². The Balaban J connectivity index is 1.82. The molecule has 0 radical (unpaired) electrons. The first-order valence-electron chi connectivity index (χ1n) is 9.36. The van der Waals surface area contributed by atoms with Gasteiger partial charge in [0.15, 0.2) is 0 Å². The van der Waals surface area contributed by atoms with E-state index in [1.54, 1.807) is 0 Å². The highest BCUT2D eigenvalue weighted by Crippen LogP contribution is 2.29. The maximum absolute atomic E-state index is 3.74. The van der Waals surface area contributed by atoms with E-state index in [0.29, 0.717) is 0 Å². The van der Waals surface area contributed by atoms with Crippen LogP contribution in [0.25, 0.3) is 21.8 Å². The van der Waals surface area contributed by atoms with Crippen LogP contribution in [0.4, 0.5) is 5.69 Å². The molecule has 0 unspecified atom stereocenters. The van der Waals surface area contributed by atoms with Crippen LogP contribution in [0.3, 0.4) is 0 Å². The Morgan fingerprint density at radius 3 is 1.92 bits per heavy atom. The minimum absolute atomic E-state index is 1.05. The van der Waals surface area contributed by atoms with Gasteiger partial charge in [0, 0.05) is 18.7 Å². The molecule has 126 valence electrons. The second kappa shape index (κ2) is 8.14. The molecule has 2 aromatic carbocycles. The van der Waals surface area contributed by atoms with Crippen LogP contribution in [0.1, 0.15) is 45.4 Å². The number of para-hydroxylation sites is 2. The molecular formula is C22H29N2+. The Kier molecular flexibility index (Phi) is 5.68. The van der Waals surface area contributed by atoms with Gasteiger partial charge in [-0.15, -0.1) is 0 Å². The largest absolute Gasteiger partial charge is 0.384 e. The van der Waals surface area contributed by atoms with Gasteiger partial charge in [0.05, 0.1) is 16.5 Å². The number of benzene rings is 2. The summed E-state index contributed by atoms with van der Waals surface area (Å²) in [4.78, 5) is 0. The first kappa shape index (κ1) is 16.8. The van der Waals surface area contributed by atoms with E-state index in [1.165, 1.54) is 66.0 Å². The van der Waals surface area contributed by atoms with Crippen molar-refractivity contribution in [3.05, 3.63) is 48.5 Å². The summed E-state index contributed by atoms with van der Waals surface area (Å²) in [5.74, 6) is 0. The van der Waals surface area contributed by atoms with Crippen LogP contribution in [0, 0.1) is 0 Å². The predicted octanol–water partition coefficient (Wildman–Crippen LogP) is 5.59. The van der Waals surface area contributed by atoms with Crippen molar-refractivity contribution in [2.45, 2.75) is 45.4 Å². The number of nitrogens with zero attached hydrogens (tertiary/aromatic N) is 1. The molecule has 3 aromatic rings. The number of aryl methyl sites for hydroxylation is 1. The lowest BCUT2D eigenvalue weighted by Crippen LogP contribution is -2.30. The van der Waals surface area contributed by atoms with Gasteiger partial charge in [0.2, 0.25) is 11.0 Å². The minimum Gasteiger partial charge on any atom is -0.384 e. The zero-order valence-electron chi connectivity index (χ0n) is 15.0. The Hall–Kier alpha value is -2.09. The average Bonchev–Trinajstić information content (AvgIpc) is 2.63. The topological polar surface area (TPSA) is 15.9 Å². The van der Waals surface area contributed by atoms with Crippen molar-refractivity contribution >= 4 is 27.5 Å². The van der Waals surface area contributed by atoms with Crippen molar-refractivity contribution in [2.75, 3.05) is 11.9 Å². The smallest absolute Gasteiger partial charge is 0.214 e. The first-order chi connectivity index (χ1) is 11.8. The van der Waals surface area contributed by atoms with Gasteiger partial charge in [-0.25, -0.2) is 0 Å². The molecule has 0 aliphatic rings. The van der Waals surface area contributed by atoms with E-state index in [1.807, 2.05) is 0 Å². The van der Waals surface area contributed by atoms with Gasteiger partial charge in [0.1, 0.15) is 7.05 Å². The van der Waals surface area contributed by atoms with Gasteiger partial charge >= 0.3 is 0 Å². The van der Waals surface area contributed by atoms with Gasteiger partial charge < -0.3 is 5.32 Å². The molecule has 2 heteroatoms. The number of hydrogen-bond acceptors (Lipinski definition) is 1. The first-order valence-corrected chi connectivity index (χ1v) is 9.36. The number of pyridine rings is 1. The van der Waals surface area contributed by atoms with Crippen molar-refractivity contribution in [1.82, 2.24) is 0 Å². The molecule has 0 saturated carbocycles. The highest BCUT2D eigenvalue weighted by atomic mass is 15.0. The third-order valence-electron chi connectivity index (χ3n) is 4.90. The molecule has 1 N–H and O–H groups in total. The van der Waals surface area contributed by atoms with E-state index in [2.05, 4.69) is 72.4 Å². The van der Waals surface area contributed by atoms with Crippen LogP contribution in [-0.2, 0) is 7.05 Å². The molecule has 2 nitrogen and oxygen atoms in total. The number of hydrogen-bond donors (Lipinski definition) is 1. The van der Waals surface area contributed by atoms with E-state index >= 15 is 0 Å². The summed E-state index contributed by atoms with van der Waals surface area (Å²) in [6, 6.07) is 17.4. The molecule has 0 aliphatic carbocycles. The molecular weight excluding hydrogens is 292 g/mol. The molecule has 0 spiro atoms. The van der Waals surface area contributed by atoms with E-state index < -0.39 is 0 Å². The maximum atomic E-state index is 3.74. The number of fused-ring (bicyclic) bond motifs is 2. The van der Waals surface area contributed by atoms with Crippen LogP contribution >= 0.6 is 0 Å². The second-order valence-corrected chi connectivity index (χ2v) is 6.66. The lowest BCUT2D eigenvalue weighted by molar-refractivity contribution is -0.617. The Bertz CT molecular complexity index is 751. The molecule has 0 fully saturated rings. The zero-order valence-corrected chi connectivity index (χ0v) is 15.0. The Labute approximate surface area is 145 Å². The van der Waals surface area contributed by atoms with Gasteiger partial charge in [-0.3, -0.25) is 0 Å². The van der Waals surface area contributed by atoms with Crippen LogP contribution in [0.5, 0.6) is 0 Å². The highest BCUT2D eigenvalue weighted by Gasteiger charge is 2.16. The molecule has 1 heterocycles. The summed E-state index contributed by atoms with van der Waals surface area (Å²) in [6.07, 6.45) is 8.00. The molecule has 1 aromatic heterocycles. The fraction of sp³-hybridized carbons (Fsp3) is 0.409. The molecule has 0 saturated heterocycles. The lowest BCUT2D eigenvalue weighted by atomic mass is 10.1. The molecule has 0 atom stereocenters. The summed E-state index contributed by atoms with van der Waals surface area (Å²) >= 11 is 0. The summed E-state index contributed by atoms with van der Waals surface area (Å²) < 4.78 is 2.29. The van der Waals surface area contributed by atoms with E-state index in [4.69, 9.17) is 0 Å². The van der Waals surface area contributed by atoms with Crippen molar-refractivity contribution in [1.29, 1.82) is 0 Å². The van der Waals surface area contributed by atoms with Crippen molar-refractivity contribution < 1.29 is 4.57 Å². The summed E-state index contributed by atoms with van der Waals surface area (Å²) in [7, 11) is 2.15. The molecule has 3 rings (SSSR count). The van der Waals surface area contributed by atoms with E-state index in [0.717, 1.165) is 6.54 Å². The number of aromatic nitrogens is 1. The second-order valence-electron chi connectivity index (χ2n) is 6.66. The fourth-order valence-corrected chi connectivity index (χ4v) is 3.54. The molecule has 24 heavy (non-hydrogen) atoms. The van der Waals surface area contributed by atoms with Crippen molar-refractivity contribution in [3.63, 3.8) is 0 Å². The average molecular weight is 321 g/mol. The highest BCUT2D eigenvalue weighted by molar-refractivity contribution is 6.04. The van der Waals surface area contributed by atoms with Crippen molar-refractivity contribution in [2.24, 2.45) is 7.05 Å². The van der Waals surface area contributed by atoms with Crippen LogP contribution < -0.4 is 9.88 Å². The van der Waals surface area contributed by atoms with Crippen LogP contribution in [0.2, 0.25) is 0 Å². The fourth-order valence-electron chi connectivity index (χ4n) is 3.54. The Morgan fingerprint density at radius 1 is 0.750 bits per heavy atom. The molecule has 0 aliphatic heterocycles. The lowest BCUT2D eigenvalue weighted by Gasteiger charge is -2.12. The monoisotopic (exact) mass is 321 g/mol. The third kappa shape index (κ3) is 3.53. The zero-order chi connectivity index (χ0) is 16.8. The van der Waals surface area contributed by atoms with Crippen molar-refractivity contribution in [3.8, 4) is 0 Å². The molecule has 0 bridgehead atoms. The SMILES string of the molecule is CCCCCCCCNc1c2ccccc2[n+](C)c2ccccc12. The number of unbranched alkanes of at least 4 members (excludes halogenated alkanes) is 5. The predicted molar refractivity (Wildman–Crippen MR) is 104 cm³/mol. The number of rotatable bonds is 8. The van der Waals surface area contributed by atoms with Crippen LogP contribution in [0.15, 0.2) is 48.5 Å². The Morgan fingerprint density at radius 2 is 1.29 bits per heavy atom. The number of anilines is 1. The van der Waals surface area contributed by atoms with E-state index in [-0.39, 0.29) is 0 Å². The number of nitrogens with one attached hydrogen (secondary N) is 1. The standard InChI is InChI=1S/C22H28N2/c1-3-4-5-6-7-12-17-23-22-18-13-8-10-15-20(18)24(2)21-16-11-9-14-19(21)22/h8-11,13-16H,3-7,12,17H2,1-2H3/p+1. The van der Waals surface area contributed by atoms with Gasteiger partial charge in [-0.2, -0.15) is 4.57 Å². The summed E-state index contributed by atoms with van der Waals surface area (Å²) in [5.41, 5.74) is 3.84. The van der Waals surface area contributed by atoms with Gasteiger partial charge in [-0.1, -0.05) is 63.3 Å². The maximum Gasteiger partial charge on any atom is 0.214 e.